The lowest BCUT2D eigenvalue weighted by Gasteiger charge is -2.30. The number of piperidine rings is 1. The van der Waals surface area contributed by atoms with Crippen LogP contribution in [-0.4, -0.2) is 37.0 Å². The highest BCUT2D eigenvalue weighted by atomic mass is 79.9. The number of nitrogens with zero attached hydrogens (tertiary/aromatic N) is 1. The highest BCUT2D eigenvalue weighted by Gasteiger charge is 2.23. The number of halogens is 2. The largest absolute Gasteiger partial charge is 0.496 e. The smallest absolute Gasteiger partial charge is 0.257 e. The Morgan fingerprint density at radius 1 is 1.42 bits per heavy atom. The molecule has 0 atom stereocenters. The third-order valence-electron chi connectivity index (χ3n) is 3.22. The molecule has 1 saturated heterocycles. The van der Waals surface area contributed by atoms with Crippen LogP contribution in [0.1, 0.15) is 23.2 Å². The number of rotatable bonds is 2. The molecule has 19 heavy (non-hydrogen) atoms. The molecule has 1 amide bonds. The van der Waals surface area contributed by atoms with Crippen LogP contribution in [0.4, 0.5) is 0 Å². The predicted molar refractivity (Wildman–Crippen MR) is 81.1 cm³/mol. The molecule has 6 heteroatoms. The van der Waals surface area contributed by atoms with Crippen LogP contribution >= 0.6 is 28.3 Å². The Balaban J connectivity index is 0.00000180. The van der Waals surface area contributed by atoms with Gasteiger partial charge < -0.3 is 15.4 Å². The Kier molecular flexibility index (Phi) is 6.10. The van der Waals surface area contributed by atoms with E-state index in [0.717, 1.165) is 30.4 Å². The summed E-state index contributed by atoms with van der Waals surface area (Å²) in [6.45, 7) is 1.44. The van der Waals surface area contributed by atoms with Crippen molar-refractivity contribution in [1.82, 2.24) is 4.90 Å². The third kappa shape index (κ3) is 3.84. The Morgan fingerprint density at radius 3 is 2.63 bits per heavy atom. The van der Waals surface area contributed by atoms with Crippen molar-refractivity contribution in [2.24, 2.45) is 5.73 Å². The number of ether oxygens (including phenoxy) is 1. The molecule has 1 aromatic carbocycles. The molecule has 0 aliphatic carbocycles. The lowest BCUT2D eigenvalue weighted by molar-refractivity contribution is 0.0711. The number of likely N-dealkylation sites (tertiary alicyclic amines) is 1. The first-order valence-corrected chi connectivity index (χ1v) is 6.79. The van der Waals surface area contributed by atoms with Crippen molar-refractivity contribution in [3.63, 3.8) is 0 Å². The zero-order valence-corrected chi connectivity index (χ0v) is 13.2. The van der Waals surface area contributed by atoms with E-state index in [4.69, 9.17) is 10.5 Å². The average molecular weight is 350 g/mol. The number of hydrogen-bond donors (Lipinski definition) is 1. The van der Waals surface area contributed by atoms with Crippen LogP contribution in [0.2, 0.25) is 0 Å². The quantitative estimate of drug-likeness (QED) is 0.892. The van der Waals surface area contributed by atoms with Crippen LogP contribution in [0, 0.1) is 0 Å². The van der Waals surface area contributed by atoms with Crippen LogP contribution in [0.25, 0.3) is 0 Å². The topological polar surface area (TPSA) is 55.6 Å². The molecule has 1 fully saturated rings. The standard InChI is InChI=1S/C13H17BrN2O2.ClH/c1-18-12-8-9(14)2-3-11(12)13(17)16-6-4-10(15)5-7-16;/h2-3,8,10H,4-7,15H2,1H3;1H. The van der Waals surface area contributed by atoms with Gasteiger partial charge in [0.25, 0.3) is 5.91 Å². The van der Waals surface area contributed by atoms with Gasteiger partial charge in [-0.3, -0.25) is 4.79 Å². The molecule has 0 saturated carbocycles. The molecular weight excluding hydrogens is 332 g/mol. The fourth-order valence-corrected chi connectivity index (χ4v) is 2.45. The second-order valence-electron chi connectivity index (χ2n) is 4.47. The van der Waals surface area contributed by atoms with E-state index < -0.39 is 0 Å². The van der Waals surface area contributed by atoms with Crippen molar-refractivity contribution < 1.29 is 9.53 Å². The van der Waals surface area contributed by atoms with E-state index in [1.165, 1.54) is 0 Å². The maximum Gasteiger partial charge on any atom is 0.257 e. The summed E-state index contributed by atoms with van der Waals surface area (Å²) in [4.78, 5) is 14.2. The van der Waals surface area contributed by atoms with Gasteiger partial charge in [0, 0.05) is 23.6 Å². The first-order valence-electron chi connectivity index (χ1n) is 6.00. The molecule has 0 bridgehead atoms. The molecular formula is C13H18BrClN2O2. The average Bonchev–Trinajstić information content (AvgIpc) is 2.38. The SMILES string of the molecule is COc1cc(Br)ccc1C(=O)N1CCC(N)CC1.Cl. The summed E-state index contributed by atoms with van der Waals surface area (Å²) in [5.41, 5.74) is 6.45. The maximum absolute atomic E-state index is 12.4. The molecule has 2 N–H and O–H groups in total. The zero-order valence-electron chi connectivity index (χ0n) is 10.8. The first kappa shape index (κ1) is 16.3. The van der Waals surface area contributed by atoms with Crippen LogP contribution in [0.5, 0.6) is 5.75 Å². The summed E-state index contributed by atoms with van der Waals surface area (Å²) in [5, 5.41) is 0. The van der Waals surface area contributed by atoms with E-state index in [2.05, 4.69) is 15.9 Å². The van der Waals surface area contributed by atoms with Crippen molar-refractivity contribution in [3.05, 3.63) is 28.2 Å². The monoisotopic (exact) mass is 348 g/mol. The van der Waals surface area contributed by atoms with Crippen molar-refractivity contribution in [2.75, 3.05) is 20.2 Å². The summed E-state index contributed by atoms with van der Waals surface area (Å²) in [7, 11) is 1.57. The molecule has 1 aliphatic heterocycles. The lowest BCUT2D eigenvalue weighted by Crippen LogP contribution is -2.42. The number of carbonyl (C=O) groups is 1. The molecule has 0 aromatic heterocycles. The Hall–Kier alpha value is -0.780. The molecule has 106 valence electrons. The minimum Gasteiger partial charge on any atom is -0.496 e. The normalized spacial score (nSPS) is 15.8. The molecule has 1 aromatic rings. The number of methoxy groups -OCH3 is 1. The van der Waals surface area contributed by atoms with Crippen molar-refractivity contribution in [1.29, 1.82) is 0 Å². The number of hydrogen-bond acceptors (Lipinski definition) is 3. The van der Waals surface area contributed by atoms with E-state index in [1.54, 1.807) is 13.2 Å². The minimum atomic E-state index is 0. The van der Waals surface area contributed by atoms with Crippen LogP contribution < -0.4 is 10.5 Å². The zero-order chi connectivity index (χ0) is 13.1. The highest BCUT2D eigenvalue weighted by Crippen LogP contribution is 2.25. The van der Waals surface area contributed by atoms with Gasteiger partial charge >= 0.3 is 0 Å². The summed E-state index contributed by atoms with van der Waals surface area (Å²) in [6, 6.07) is 5.68. The molecule has 2 rings (SSSR count). The number of benzene rings is 1. The van der Waals surface area contributed by atoms with Crippen molar-refractivity contribution in [3.8, 4) is 5.75 Å². The number of carbonyl (C=O) groups excluding carboxylic acids is 1. The van der Waals surface area contributed by atoms with Gasteiger partial charge in [-0.15, -0.1) is 12.4 Å². The molecule has 0 unspecified atom stereocenters. The van der Waals surface area contributed by atoms with E-state index in [0.29, 0.717) is 11.3 Å². The van der Waals surface area contributed by atoms with Crippen LogP contribution in [-0.2, 0) is 0 Å². The van der Waals surface area contributed by atoms with Crippen LogP contribution in [0.3, 0.4) is 0 Å². The van der Waals surface area contributed by atoms with Gasteiger partial charge in [0.1, 0.15) is 5.75 Å². The fraction of sp³-hybridized carbons (Fsp3) is 0.462. The van der Waals surface area contributed by atoms with Crippen LogP contribution in [0.15, 0.2) is 22.7 Å². The Bertz CT molecular complexity index is 448. The Morgan fingerprint density at radius 2 is 2.05 bits per heavy atom. The molecule has 1 heterocycles. The second kappa shape index (κ2) is 7.12. The molecule has 1 aliphatic rings. The third-order valence-corrected chi connectivity index (χ3v) is 3.71. The fourth-order valence-electron chi connectivity index (χ4n) is 2.11. The summed E-state index contributed by atoms with van der Waals surface area (Å²) in [5.74, 6) is 0.621. The molecule has 0 radical (unpaired) electrons. The van der Waals surface area contributed by atoms with Gasteiger partial charge in [-0.05, 0) is 31.0 Å². The van der Waals surface area contributed by atoms with Gasteiger partial charge in [0.05, 0.1) is 12.7 Å². The summed E-state index contributed by atoms with van der Waals surface area (Å²) >= 11 is 3.37. The van der Waals surface area contributed by atoms with E-state index in [9.17, 15) is 4.79 Å². The first-order chi connectivity index (χ1) is 8.61. The summed E-state index contributed by atoms with van der Waals surface area (Å²) < 4.78 is 6.16. The second-order valence-corrected chi connectivity index (χ2v) is 5.39. The lowest BCUT2D eigenvalue weighted by atomic mass is 10.0. The minimum absolute atomic E-state index is 0. The van der Waals surface area contributed by atoms with Gasteiger partial charge in [-0.25, -0.2) is 0 Å². The molecule has 4 nitrogen and oxygen atoms in total. The van der Waals surface area contributed by atoms with Gasteiger partial charge in [-0.2, -0.15) is 0 Å². The number of nitrogens with two attached hydrogens (primary N) is 1. The predicted octanol–water partition coefficient (Wildman–Crippen LogP) is 2.44. The van der Waals surface area contributed by atoms with Gasteiger partial charge in [0.2, 0.25) is 0 Å². The van der Waals surface area contributed by atoms with Gasteiger partial charge in [0.15, 0.2) is 0 Å². The number of amides is 1. The maximum atomic E-state index is 12.4. The summed E-state index contributed by atoms with van der Waals surface area (Å²) in [6.07, 6.45) is 1.73. The Labute approximate surface area is 127 Å². The van der Waals surface area contributed by atoms with E-state index in [-0.39, 0.29) is 24.4 Å². The van der Waals surface area contributed by atoms with Gasteiger partial charge in [-0.1, -0.05) is 15.9 Å². The van der Waals surface area contributed by atoms with Crippen molar-refractivity contribution in [2.45, 2.75) is 18.9 Å². The van der Waals surface area contributed by atoms with E-state index >= 15 is 0 Å². The van der Waals surface area contributed by atoms with Crippen molar-refractivity contribution >= 4 is 34.2 Å². The van der Waals surface area contributed by atoms with E-state index in [1.807, 2.05) is 17.0 Å². The molecule has 0 spiro atoms. The highest BCUT2D eigenvalue weighted by molar-refractivity contribution is 9.10.